The molecule has 0 amide bonds. The fourth-order valence-electron chi connectivity index (χ4n) is 2.44. The molecule has 2 aromatic carbocycles. The Morgan fingerprint density at radius 3 is 2.75 bits per heavy atom. The zero-order valence-corrected chi connectivity index (χ0v) is 13.6. The molecule has 24 heavy (non-hydrogen) atoms. The molecule has 1 N–H and O–H groups in total. The van der Waals surface area contributed by atoms with Crippen LogP contribution in [0, 0.1) is 6.92 Å². The number of allylic oxidation sites excluding steroid dienone is 2. The highest BCUT2D eigenvalue weighted by molar-refractivity contribution is 5.95. The minimum atomic E-state index is 0.0927. The number of azo groups is 1. The van der Waals surface area contributed by atoms with Crippen LogP contribution in [0.5, 0.6) is 5.75 Å². The van der Waals surface area contributed by atoms with Gasteiger partial charge in [-0.05, 0) is 24.5 Å². The Morgan fingerprint density at radius 1 is 1.17 bits per heavy atom. The Kier molecular flexibility index (Phi) is 4.24. The van der Waals surface area contributed by atoms with E-state index >= 15 is 0 Å². The first-order chi connectivity index (χ1) is 11.6. The van der Waals surface area contributed by atoms with Gasteiger partial charge in [-0.25, -0.2) is 4.98 Å². The zero-order chi connectivity index (χ0) is 17.1. The first-order valence-corrected chi connectivity index (χ1v) is 7.56. The Morgan fingerprint density at radius 2 is 1.96 bits per heavy atom. The lowest BCUT2D eigenvalue weighted by Gasteiger charge is -2.03. The van der Waals surface area contributed by atoms with Crippen LogP contribution in [0.15, 0.2) is 65.4 Å². The molecule has 0 fully saturated rings. The van der Waals surface area contributed by atoms with Crippen molar-refractivity contribution in [3.05, 3.63) is 66.5 Å². The highest BCUT2D eigenvalue weighted by Gasteiger charge is 2.10. The van der Waals surface area contributed by atoms with Gasteiger partial charge in [0.15, 0.2) is 0 Å². The summed E-state index contributed by atoms with van der Waals surface area (Å²) in [7, 11) is 1.88. The van der Waals surface area contributed by atoms with Crippen LogP contribution >= 0.6 is 0 Å². The predicted octanol–water partition coefficient (Wildman–Crippen LogP) is 5.20. The second-order valence-corrected chi connectivity index (χ2v) is 5.39. The van der Waals surface area contributed by atoms with Gasteiger partial charge < -0.3 is 9.67 Å². The Labute approximate surface area is 140 Å². The molecule has 0 radical (unpaired) electrons. The minimum Gasteiger partial charge on any atom is -0.506 e. The van der Waals surface area contributed by atoms with Gasteiger partial charge in [0.05, 0.1) is 5.69 Å². The predicted molar refractivity (Wildman–Crippen MR) is 97.0 cm³/mol. The van der Waals surface area contributed by atoms with E-state index in [0.29, 0.717) is 11.6 Å². The summed E-state index contributed by atoms with van der Waals surface area (Å²) in [6, 6.07) is 11.2. The average molecular weight is 318 g/mol. The maximum absolute atomic E-state index is 10.1. The lowest BCUT2D eigenvalue weighted by atomic mass is 10.1. The zero-order valence-electron chi connectivity index (χ0n) is 13.6. The third-order valence-corrected chi connectivity index (χ3v) is 3.90. The molecule has 1 heterocycles. The Hall–Kier alpha value is -3.21. The second kappa shape index (κ2) is 6.50. The van der Waals surface area contributed by atoms with Crippen LogP contribution in [-0.4, -0.2) is 14.7 Å². The number of rotatable bonds is 4. The van der Waals surface area contributed by atoms with Crippen molar-refractivity contribution in [1.82, 2.24) is 9.55 Å². The van der Waals surface area contributed by atoms with E-state index in [4.69, 9.17) is 0 Å². The van der Waals surface area contributed by atoms with Crippen LogP contribution in [-0.2, 0) is 7.05 Å². The van der Waals surface area contributed by atoms with Gasteiger partial charge in [0, 0.05) is 18.1 Å². The molecule has 0 aliphatic carbocycles. The number of hydrogen-bond acceptors (Lipinski definition) is 4. The van der Waals surface area contributed by atoms with Gasteiger partial charge in [0.2, 0.25) is 5.95 Å². The molecular formula is C19H18N4O. The van der Waals surface area contributed by atoms with Crippen LogP contribution in [0.2, 0.25) is 0 Å². The Balaban J connectivity index is 2.05. The quantitative estimate of drug-likeness (QED) is 0.530. The summed E-state index contributed by atoms with van der Waals surface area (Å²) in [6.45, 7) is 5.62. The molecule has 0 bridgehead atoms. The number of aromatic nitrogens is 2. The highest BCUT2D eigenvalue weighted by Crippen LogP contribution is 2.35. The molecule has 0 atom stereocenters. The third-order valence-electron chi connectivity index (χ3n) is 3.90. The van der Waals surface area contributed by atoms with Gasteiger partial charge in [-0.15, -0.1) is 10.2 Å². The van der Waals surface area contributed by atoms with E-state index in [1.54, 1.807) is 12.1 Å². The van der Waals surface area contributed by atoms with Gasteiger partial charge in [-0.2, -0.15) is 0 Å². The summed E-state index contributed by atoms with van der Waals surface area (Å²) in [6.07, 6.45) is 5.40. The summed E-state index contributed by atoms with van der Waals surface area (Å²) in [5.74, 6) is 0.568. The first kappa shape index (κ1) is 15.7. The van der Waals surface area contributed by atoms with Crippen molar-refractivity contribution in [3.8, 4) is 5.75 Å². The molecule has 0 spiro atoms. The Bertz CT molecular complexity index is 967. The molecule has 0 aliphatic heterocycles. The maximum Gasteiger partial charge on any atom is 0.249 e. The van der Waals surface area contributed by atoms with Crippen molar-refractivity contribution in [2.45, 2.75) is 6.92 Å². The summed E-state index contributed by atoms with van der Waals surface area (Å²) in [5, 5.41) is 20.5. The number of imidazole rings is 1. The van der Waals surface area contributed by atoms with E-state index in [0.717, 1.165) is 22.2 Å². The number of hydrogen-bond donors (Lipinski definition) is 1. The van der Waals surface area contributed by atoms with Gasteiger partial charge in [-0.1, -0.05) is 49.1 Å². The molecule has 5 heteroatoms. The number of benzene rings is 2. The smallest absolute Gasteiger partial charge is 0.249 e. The standard InChI is InChI=1S/C19H18N4O/c1-4-5-10-16-13(2)23(3)19(20-16)22-21-18-15-9-7-6-8-14(15)11-12-17(18)24/h4-12,24H,1H2,2-3H3/b10-5-,22-21+. The van der Waals surface area contributed by atoms with Crippen molar-refractivity contribution in [1.29, 1.82) is 0 Å². The van der Waals surface area contributed by atoms with Crippen molar-refractivity contribution < 1.29 is 5.11 Å². The number of aromatic hydroxyl groups is 1. The van der Waals surface area contributed by atoms with Crippen LogP contribution in [0.1, 0.15) is 11.4 Å². The van der Waals surface area contributed by atoms with E-state index in [-0.39, 0.29) is 5.75 Å². The second-order valence-electron chi connectivity index (χ2n) is 5.39. The van der Waals surface area contributed by atoms with Gasteiger partial charge >= 0.3 is 0 Å². The number of fused-ring (bicyclic) bond motifs is 1. The first-order valence-electron chi connectivity index (χ1n) is 7.56. The van der Waals surface area contributed by atoms with Crippen LogP contribution in [0.4, 0.5) is 11.6 Å². The van der Waals surface area contributed by atoms with E-state index < -0.39 is 0 Å². The number of phenolic OH excluding ortho intramolecular Hbond substituents is 1. The van der Waals surface area contributed by atoms with E-state index in [2.05, 4.69) is 21.8 Å². The van der Waals surface area contributed by atoms with Gasteiger partial charge in [-0.3, -0.25) is 0 Å². The monoisotopic (exact) mass is 318 g/mol. The lowest BCUT2D eigenvalue weighted by Crippen LogP contribution is -1.89. The lowest BCUT2D eigenvalue weighted by molar-refractivity contribution is 0.477. The fourth-order valence-corrected chi connectivity index (χ4v) is 2.44. The number of nitrogens with zero attached hydrogens (tertiary/aromatic N) is 4. The van der Waals surface area contributed by atoms with E-state index in [1.165, 1.54) is 0 Å². The van der Waals surface area contributed by atoms with Gasteiger partial charge in [0.25, 0.3) is 0 Å². The van der Waals surface area contributed by atoms with Crippen molar-refractivity contribution in [2.75, 3.05) is 0 Å². The summed E-state index contributed by atoms with van der Waals surface area (Å²) < 4.78 is 1.86. The third kappa shape index (κ3) is 2.84. The average Bonchev–Trinajstić information content (AvgIpc) is 2.87. The summed E-state index contributed by atoms with van der Waals surface area (Å²) in [5.41, 5.74) is 2.23. The molecule has 0 saturated carbocycles. The molecule has 0 saturated heterocycles. The van der Waals surface area contributed by atoms with Crippen molar-refractivity contribution in [2.24, 2.45) is 17.3 Å². The van der Waals surface area contributed by atoms with E-state index in [1.807, 2.05) is 61.0 Å². The molecule has 0 aliphatic rings. The topological polar surface area (TPSA) is 62.8 Å². The molecular weight excluding hydrogens is 300 g/mol. The minimum absolute atomic E-state index is 0.0927. The van der Waals surface area contributed by atoms with E-state index in [9.17, 15) is 5.11 Å². The molecule has 5 nitrogen and oxygen atoms in total. The van der Waals surface area contributed by atoms with Crippen molar-refractivity contribution in [3.63, 3.8) is 0 Å². The fraction of sp³-hybridized carbons (Fsp3) is 0.105. The van der Waals surface area contributed by atoms with Crippen molar-refractivity contribution >= 4 is 28.5 Å². The maximum atomic E-state index is 10.1. The van der Waals surface area contributed by atoms with Crippen LogP contribution in [0.25, 0.3) is 16.8 Å². The van der Waals surface area contributed by atoms with Crippen LogP contribution in [0.3, 0.4) is 0 Å². The molecule has 1 aromatic heterocycles. The SMILES string of the molecule is C=C/C=C\c1nc(/N=N/c2c(O)ccc3ccccc23)n(C)c1C. The molecule has 3 rings (SSSR count). The highest BCUT2D eigenvalue weighted by atomic mass is 16.3. The van der Waals surface area contributed by atoms with Gasteiger partial charge in [0.1, 0.15) is 11.4 Å². The number of phenols is 1. The largest absolute Gasteiger partial charge is 0.506 e. The molecule has 0 unspecified atom stereocenters. The summed E-state index contributed by atoms with van der Waals surface area (Å²) in [4.78, 5) is 4.46. The summed E-state index contributed by atoms with van der Waals surface area (Å²) >= 11 is 0. The normalized spacial score (nSPS) is 11.8. The molecule has 3 aromatic rings. The van der Waals surface area contributed by atoms with Crippen LogP contribution < -0.4 is 0 Å². The molecule has 120 valence electrons.